The third kappa shape index (κ3) is 6.47. The van der Waals surface area contributed by atoms with Crippen molar-refractivity contribution >= 4 is 27.9 Å². The molecule has 0 aliphatic carbocycles. The minimum Gasteiger partial charge on any atom is -0.456 e. The average molecular weight is 562 g/mol. The number of benzene rings is 2. The quantitative estimate of drug-likeness (QED) is 0.212. The van der Waals surface area contributed by atoms with E-state index in [1.54, 1.807) is 26.0 Å². The van der Waals surface area contributed by atoms with Gasteiger partial charge in [0.25, 0.3) is 5.91 Å². The second-order valence-corrected chi connectivity index (χ2v) is 10.5. The van der Waals surface area contributed by atoms with E-state index in [2.05, 4.69) is 48.3 Å². The molecule has 3 aromatic rings. The van der Waals surface area contributed by atoms with Crippen LogP contribution in [0.3, 0.4) is 0 Å². The van der Waals surface area contributed by atoms with Crippen LogP contribution in [0.4, 0.5) is 5.69 Å². The highest BCUT2D eigenvalue weighted by Gasteiger charge is 2.44. The van der Waals surface area contributed by atoms with E-state index in [-0.39, 0.29) is 5.57 Å². The molecule has 0 radical (unpaired) electrons. The number of aliphatic hydroxyl groups excluding tert-OH is 3. The van der Waals surface area contributed by atoms with Gasteiger partial charge in [-0.1, -0.05) is 39.0 Å². The standard InChI is InChI=1S/C32H39N3O6/c1-5-14-35(15-6-2)23-11-10-20-16-22(9-8-21(20)17-23)27-13-12-26(40-27)19(4)24(18-33)31(38)34-28-30(37)29(36)25(7-3)41-32(28)39/h8-13,16-17,25,28-30,32,36-37,39H,5-7,14-15H2,1-4H3,(H,34,38)/b24-19+/t25-,28-,29-,30-,32?/m1/s1. The van der Waals surface area contributed by atoms with Crippen LogP contribution in [-0.4, -0.2) is 65.0 Å². The van der Waals surface area contributed by atoms with Crippen molar-refractivity contribution in [2.75, 3.05) is 18.0 Å². The molecule has 1 saturated heterocycles. The van der Waals surface area contributed by atoms with E-state index in [0.717, 1.165) is 42.3 Å². The number of rotatable bonds is 10. The fraction of sp³-hybridized carbons (Fsp3) is 0.438. The van der Waals surface area contributed by atoms with Gasteiger partial charge in [-0.15, -0.1) is 0 Å². The second kappa shape index (κ2) is 13.3. The maximum Gasteiger partial charge on any atom is 0.262 e. The first kappa shape index (κ1) is 30.3. The van der Waals surface area contributed by atoms with Gasteiger partial charge >= 0.3 is 0 Å². The van der Waals surface area contributed by atoms with Crippen LogP contribution in [0, 0.1) is 11.3 Å². The molecule has 0 bridgehead atoms. The highest BCUT2D eigenvalue weighted by Crippen LogP contribution is 2.31. The summed E-state index contributed by atoms with van der Waals surface area (Å²) in [5.41, 5.74) is 2.11. The Hall–Kier alpha value is -3.68. The van der Waals surface area contributed by atoms with Gasteiger partial charge in [0.05, 0.1) is 6.10 Å². The van der Waals surface area contributed by atoms with Crippen LogP contribution in [0.15, 0.2) is 58.5 Å². The van der Waals surface area contributed by atoms with Crippen molar-refractivity contribution in [1.82, 2.24) is 5.32 Å². The van der Waals surface area contributed by atoms with Crippen molar-refractivity contribution in [2.24, 2.45) is 0 Å². The summed E-state index contributed by atoms with van der Waals surface area (Å²) in [7, 11) is 0. The summed E-state index contributed by atoms with van der Waals surface area (Å²) < 4.78 is 11.4. The molecule has 0 spiro atoms. The summed E-state index contributed by atoms with van der Waals surface area (Å²) in [5, 5.41) is 45.4. The number of amides is 1. The maximum absolute atomic E-state index is 13.0. The van der Waals surface area contributed by atoms with E-state index < -0.39 is 36.6 Å². The summed E-state index contributed by atoms with van der Waals surface area (Å²) >= 11 is 0. The van der Waals surface area contributed by atoms with Gasteiger partial charge in [0.1, 0.15) is 41.4 Å². The minimum absolute atomic E-state index is 0.243. The molecule has 1 aromatic heterocycles. The number of furan rings is 1. The summed E-state index contributed by atoms with van der Waals surface area (Å²) in [6, 6.07) is 16.6. The third-order valence-electron chi connectivity index (χ3n) is 7.57. The number of fused-ring (bicyclic) bond motifs is 1. The molecule has 4 rings (SSSR count). The number of nitrogens with zero attached hydrogens (tertiary/aromatic N) is 2. The van der Waals surface area contributed by atoms with Crippen molar-refractivity contribution in [3.05, 3.63) is 59.9 Å². The number of carbonyl (C=O) groups excluding carboxylic acids is 1. The van der Waals surface area contributed by atoms with Gasteiger partial charge in [-0.2, -0.15) is 5.26 Å². The van der Waals surface area contributed by atoms with Gasteiger partial charge in [-0.3, -0.25) is 4.79 Å². The Balaban J connectivity index is 1.54. The van der Waals surface area contributed by atoms with Crippen LogP contribution in [0.25, 0.3) is 27.7 Å². The zero-order valence-electron chi connectivity index (χ0n) is 24.0. The molecule has 9 heteroatoms. The average Bonchev–Trinajstić information content (AvgIpc) is 3.47. The van der Waals surface area contributed by atoms with Crippen molar-refractivity contribution in [2.45, 2.75) is 77.6 Å². The fourth-order valence-electron chi connectivity index (χ4n) is 5.28. The number of allylic oxidation sites excluding steroid dienone is 1. The first-order valence-corrected chi connectivity index (χ1v) is 14.2. The van der Waals surface area contributed by atoms with Crippen LogP contribution in [0.5, 0.6) is 0 Å². The minimum atomic E-state index is -1.54. The van der Waals surface area contributed by atoms with Crippen LogP contribution >= 0.6 is 0 Å². The topological polar surface area (TPSA) is 139 Å². The third-order valence-corrected chi connectivity index (χ3v) is 7.57. The van der Waals surface area contributed by atoms with Crippen LogP contribution in [0.2, 0.25) is 0 Å². The van der Waals surface area contributed by atoms with E-state index in [1.165, 1.54) is 5.69 Å². The molecule has 9 nitrogen and oxygen atoms in total. The van der Waals surface area contributed by atoms with Gasteiger partial charge in [-0.25, -0.2) is 0 Å². The zero-order chi connectivity index (χ0) is 29.7. The molecule has 2 aromatic carbocycles. The molecular formula is C32H39N3O6. The van der Waals surface area contributed by atoms with Crippen LogP contribution in [0.1, 0.15) is 52.7 Å². The van der Waals surface area contributed by atoms with Crippen LogP contribution in [-0.2, 0) is 9.53 Å². The number of hydrogen-bond acceptors (Lipinski definition) is 8. The molecule has 4 N–H and O–H groups in total. The highest BCUT2D eigenvalue weighted by atomic mass is 16.6. The number of ether oxygens (including phenoxy) is 1. The SMILES string of the molecule is CCCN(CCC)c1ccc2cc(-c3ccc(/C(C)=C(\C#N)C(=O)N[C@H]4C(O)O[C@H](CC)[C@@H](O)[C@@H]4O)o3)ccc2c1. The first-order valence-electron chi connectivity index (χ1n) is 14.2. The molecule has 1 amide bonds. The number of carbonyl (C=O) groups is 1. The lowest BCUT2D eigenvalue weighted by molar-refractivity contribution is -0.247. The Morgan fingerprint density at radius 1 is 0.976 bits per heavy atom. The van der Waals surface area contributed by atoms with E-state index in [9.17, 15) is 25.4 Å². The molecule has 1 aliphatic rings. The van der Waals surface area contributed by atoms with Gasteiger partial charge in [-0.05, 0) is 67.3 Å². The Kier molecular flexibility index (Phi) is 9.84. The summed E-state index contributed by atoms with van der Waals surface area (Å²) in [6.45, 7) is 9.73. The lowest BCUT2D eigenvalue weighted by atomic mass is 9.95. The van der Waals surface area contributed by atoms with Crippen molar-refractivity contribution in [3.8, 4) is 17.4 Å². The van der Waals surface area contributed by atoms with Crippen molar-refractivity contribution < 1.29 is 29.3 Å². The number of anilines is 1. The van der Waals surface area contributed by atoms with Crippen LogP contribution < -0.4 is 10.2 Å². The van der Waals surface area contributed by atoms with E-state index in [0.29, 0.717) is 23.5 Å². The maximum atomic E-state index is 13.0. The second-order valence-electron chi connectivity index (χ2n) is 10.5. The molecule has 41 heavy (non-hydrogen) atoms. The van der Waals surface area contributed by atoms with Crippen molar-refractivity contribution in [3.63, 3.8) is 0 Å². The predicted molar refractivity (Wildman–Crippen MR) is 158 cm³/mol. The Bertz CT molecular complexity index is 1430. The van der Waals surface area contributed by atoms with Gasteiger partial charge in [0, 0.05) is 29.9 Å². The van der Waals surface area contributed by atoms with Gasteiger partial charge < -0.3 is 34.7 Å². The Morgan fingerprint density at radius 3 is 2.32 bits per heavy atom. The number of nitrogens with one attached hydrogen (secondary N) is 1. The molecule has 1 aliphatic heterocycles. The summed E-state index contributed by atoms with van der Waals surface area (Å²) in [5.74, 6) is 0.101. The largest absolute Gasteiger partial charge is 0.456 e. The Labute approximate surface area is 240 Å². The van der Waals surface area contributed by atoms with Crippen molar-refractivity contribution in [1.29, 1.82) is 5.26 Å². The van der Waals surface area contributed by atoms with E-state index >= 15 is 0 Å². The highest BCUT2D eigenvalue weighted by molar-refractivity contribution is 6.04. The molecule has 218 valence electrons. The van der Waals surface area contributed by atoms with E-state index in [4.69, 9.17) is 9.15 Å². The summed E-state index contributed by atoms with van der Waals surface area (Å²) in [4.78, 5) is 15.4. The zero-order valence-corrected chi connectivity index (χ0v) is 24.0. The lowest BCUT2D eigenvalue weighted by Gasteiger charge is -2.40. The first-order chi connectivity index (χ1) is 19.7. The number of aliphatic hydroxyl groups is 3. The number of hydrogen-bond donors (Lipinski definition) is 4. The van der Waals surface area contributed by atoms with Gasteiger partial charge in [0.2, 0.25) is 0 Å². The Morgan fingerprint density at radius 2 is 1.66 bits per heavy atom. The predicted octanol–water partition coefficient (Wildman–Crippen LogP) is 4.36. The molecule has 1 unspecified atom stereocenters. The molecule has 2 heterocycles. The fourth-order valence-corrected chi connectivity index (χ4v) is 5.28. The lowest BCUT2D eigenvalue weighted by Crippen LogP contribution is -2.63. The monoisotopic (exact) mass is 561 g/mol. The van der Waals surface area contributed by atoms with E-state index in [1.807, 2.05) is 18.2 Å². The smallest absolute Gasteiger partial charge is 0.262 e. The molecular weight excluding hydrogens is 522 g/mol. The molecule has 0 saturated carbocycles. The number of nitriles is 1. The van der Waals surface area contributed by atoms with Gasteiger partial charge in [0.15, 0.2) is 6.29 Å². The summed E-state index contributed by atoms with van der Waals surface area (Å²) in [6.07, 6.45) is -2.52. The molecule has 1 fully saturated rings. The molecule has 5 atom stereocenters. The normalized spacial score (nSPS) is 23.1.